The molecule has 0 fully saturated rings. The molecule has 1 aliphatic rings. The van der Waals surface area contributed by atoms with E-state index in [1.807, 2.05) is 54.6 Å². The number of hydrogen-bond donors (Lipinski definition) is 1. The van der Waals surface area contributed by atoms with Crippen molar-refractivity contribution in [1.82, 2.24) is 0 Å². The quantitative estimate of drug-likeness (QED) is 0.291. The predicted molar refractivity (Wildman–Crippen MR) is 119 cm³/mol. The van der Waals surface area contributed by atoms with Crippen LogP contribution in [0.25, 0.3) is 21.7 Å². The summed E-state index contributed by atoms with van der Waals surface area (Å²) in [7, 11) is 0. The van der Waals surface area contributed by atoms with Crippen LogP contribution in [0, 0.1) is 0 Å². The van der Waals surface area contributed by atoms with Crippen LogP contribution in [-0.4, -0.2) is 17.1 Å². The van der Waals surface area contributed by atoms with Gasteiger partial charge >= 0.3 is 11.6 Å². The molecule has 2 heterocycles. The number of fused-ring (bicyclic) bond motifs is 4. The van der Waals surface area contributed by atoms with Crippen molar-refractivity contribution >= 4 is 51.1 Å². The summed E-state index contributed by atoms with van der Waals surface area (Å²) in [5.41, 5.74) is 1.25. The lowest BCUT2D eigenvalue weighted by atomic mass is 10.0. The molecule has 154 valence electrons. The molecule has 1 aliphatic heterocycles. The molecule has 1 amide bonds. The van der Waals surface area contributed by atoms with Gasteiger partial charge in [-0.3, -0.25) is 9.59 Å². The molecule has 4 aromatic rings. The lowest BCUT2D eigenvalue weighted by Crippen LogP contribution is -2.31. The third-order valence-electron chi connectivity index (χ3n) is 5.16. The predicted octanol–water partition coefficient (Wildman–Crippen LogP) is 4.49. The van der Waals surface area contributed by atoms with Gasteiger partial charge in [-0.15, -0.1) is 11.8 Å². The van der Waals surface area contributed by atoms with E-state index in [0.29, 0.717) is 11.1 Å². The van der Waals surface area contributed by atoms with E-state index < -0.39 is 16.8 Å². The number of thioether (sulfide) groups is 1. The molecule has 0 bridgehead atoms. The Balaban J connectivity index is 1.36. The van der Waals surface area contributed by atoms with Crippen molar-refractivity contribution in [3.63, 3.8) is 0 Å². The zero-order valence-electron chi connectivity index (χ0n) is 16.3. The SMILES string of the molecule is O=C(C[C@@H]1Sc2ccccc2NC1=O)OCc1cc(=O)oc2ccc3ccccc3c12. The standard InChI is InChI=1S/C24H17NO5S/c26-21(12-20-24(28)25-17-7-3-4-8-19(17)31-20)29-13-15-11-22(27)30-18-10-9-14-5-1-2-6-16(14)23(15)18/h1-11,20H,12-13H2,(H,25,28)/t20-/m0/s1. The molecule has 1 aromatic heterocycles. The summed E-state index contributed by atoms with van der Waals surface area (Å²) in [6, 6.07) is 20.2. The fourth-order valence-corrected chi connectivity index (χ4v) is 4.82. The van der Waals surface area contributed by atoms with Crippen molar-refractivity contribution in [2.45, 2.75) is 23.2 Å². The summed E-state index contributed by atoms with van der Waals surface area (Å²) in [6.07, 6.45) is -0.0645. The van der Waals surface area contributed by atoms with Gasteiger partial charge in [-0.1, -0.05) is 42.5 Å². The number of rotatable bonds is 4. The van der Waals surface area contributed by atoms with Crippen molar-refractivity contribution < 1.29 is 18.7 Å². The van der Waals surface area contributed by atoms with Crippen LogP contribution in [-0.2, 0) is 20.9 Å². The van der Waals surface area contributed by atoms with Crippen LogP contribution >= 0.6 is 11.8 Å². The fourth-order valence-electron chi connectivity index (χ4n) is 3.73. The van der Waals surface area contributed by atoms with E-state index >= 15 is 0 Å². The fraction of sp³-hybridized carbons (Fsp3) is 0.125. The average molecular weight is 431 g/mol. The Morgan fingerprint density at radius 1 is 1.03 bits per heavy atom. The Kier molecular flexibility index (Phi) is 4.95. The molecule has 0 saturated heterocycles. The lowest BCUT2D eigenvalue weighted by molar-refractivity contribution is -0.145. The van der Waals surface area contributed by atoms with Gasteiger partial charge in [-0.05, 0) is 29.0 Å². The Bertz CT molecular complexity index is 1390. The Morgan fingerprint density at radius 2 is 1.84 bits per heavy atom. The van der Waals surface area contributed by atoms with Crippen LogP contribution in [0.3, 0.4) is 0 Å². The van der Waals surface area contributed by atoms with Crippen molar-refractivity contribution in [2.75, 3.05) is 5.32 Å². The summed E-state index contributed by atoms with van der Waals surface area (Å²) >= 11 is 1.34. The number of para-hydroxylation sites is 1. The summed E-state index contributed by atoms with van der Waals surface area (Å²) in [5.74, 6) is -0.730. The molecule has 1 N–H and O–H groups in total. The molecule has 0 aliphatic carbocycles. The van der Waals surface area contributed by atoms with Gasteiger partial charge in [-0.25, -0.2) is 4.79 Å². The number of amides is 1. The molecule has 0 radical (unpaired) electrons. The van der Waals surface area contributed by atoms with E-state index in [9.17, 15) is 14.4 Å². The number of anilines is 1. The molecule has 0 spiro atoms. The van der Waals surface area contributed by atoms with Crippen LogP contribution in [0.4, 0.5) is 5.69 Å². The smallest absolute Gasteiger partial charge is 0.336 e. The van der Waals surface area contributed by atoms with Gasteiger partial charge in [0.2, 0.25) is 5.91 Å². The number of carbonyl (C=O) groups excluding carboxylic acids is 2. The highest BCUT2D eigenvalue weighted by molar-refractivity contribution is 8.01. The molecule has 6 nitrogen and oxygen atoms in total. The van der Waals surface area contributed by atoms with E-state index in [0.717, 1.165) is 26.7 Å². The van der Waals surface area contributed by atoms with Crippen molar-refractivity contribution in [2.24, 2.45) is 0 Å². The second-order valence-corrected chi connectivity index (χ2v) is 8.45. The highest BCUT2D eigenvalue weighted by atomic mass is 32.2. The highest BCUT2D eigenvalue weighted by Crippen LogP contribution is 2.36. The largest absolute Gasteiger partial charge is 0.461 e. The van der Waals surface area contributed by atoms with Crippen LogP contribution in [0.15, 0.2) is 80.8 Å². The van der Waals surface area contributed by atoms with E-state index in [2.05, 4.69) is 5.32 Å². The van der Waals surface area contributed by atoms with Crippen LogP contribution < -0.4 is 10.9 Å². The van der Waals surface area contributed by atoms with Crippen molar-refractivity contribution in [1.29, 1.82) is 0 Å². The van der Waals surface area contributed by atoms with E-state index in [-0.39, 0.29) is 18.9 Å². The maximum atomic E-state index is 12.5. The van der Waals surface area contributed by atoms with Crippen molar-refractivity contribution in [3.8, 4) is 0 Å². The molecule has 5 rings (SSSR count). The first-order valence-corrected chi connectivity index (χ1v) is 10.6. The zero-order valence-corrected chi connectivity index (χ0v) is 17.1. The van der Waals surface area contributed by atoms with Gasteiger partial charge in [0.15, 0.2) is 0 Å². The van der Waals surface area contributed by atoms with E-state index in [4.69, 9.17) is 9.15 Å². The highest BCUT2D eigenvalue weighted by Gasteiger charge is 2.29. The summed E-state index contributed by atoms with van der Waals surface area (Å²) in [5, 5.41) is 4.89. The minimum atomic E-state index is -0.569. The molecular formula is C24H17NO5S. The number of esters is 1. The van der Waals surface area contributed by atoms with Crippen LogP contribution in [0.2, 0.25) is 0 Å². The van der Waals surface area contributed by atoms with E-state index in [1.165, 1.54) is 17.8 Å². The molecule has 0 saturated carbocycles. The molecule has 3 aromatic carbocycles. The van der Waals surface area contributed by atoms with Crippen LogP contribution in [0.5, 0.6) is 0 Å². The Hall–Kier alpha value is -3.58. The second kappa shape index (κ2) is 7.92. The average Bonchev–Trinajstić information content (AvgIpc) is 2.77. The van der Waals surface area contributed by atoms with Crippen LogP contribution in [0.1, 0.15) is 12.0 Å². The molecule has 0 unspecified atom stereocenters. The first-order valence-electron chi connectivity index (χ1n) is 9.75. The molecular weight excluding hydrogens is 414 g/mol. The van der Waals surface area contributed by atoms with Crippen molar-refractivity contribution in [3.05, 3.63) is 82.7 Å². The lowest BCUT2D eigenvalue weighted by Gasteiger charge is -2.23. The maximum absolute atomic E-state index is 12.5. The molecule has 1 atom stereocenters. The third kappa shape index (κ3) is 3.80. The number of hydrogen-bond acceptors (Lipinski definition) is 6. The van der Waals surface area contributed by atoms with Gasteiger partial charge in [-0.2, -0.15) is 0 Å². The van der Waals surface area contributed by atoms with Gasteiger partial charge < -0.3 is 14.5 Å². The minimum absolute atomic E-state index is 0.0645. The summed E-state index contributed by atoms with van der Waals surface area (Å²) in [6.45, 7) is -0.0788. The number of ether oxygens (including phenoxy) is 1. The maximum Gasteiger partial charge on any atom is 0.336 e. The zero-order chi connectivity index (χ0) is 21.4. The number of carbonyl (C=O) groups is 2. The minimum Gasteiger partial charge on any atom is -0.461 e. The summed E-state index contributed by atoms with van der Waals surface area (Å²) < 4.78 is 10.8. The van der Waals surface area contributed by atoms with Gasteiger partial charge in [0.25, 0.3) is 0 Å². The molecule has 7 heteroatoms. The normalized spacial score (nSPS) is 15.5. The molecule has 31 heavy (non-hydrogen) atoms. The first-order chi connectivity index (χ1) is 15.1. The number of benzene rings is 3. The summed E-state index contributed by atoms with van der Waals surface area (Å²) in [4.78, 5) is 37.8. The Labute approximate surface area is 181 Å². The second-order valence-electron chi connectivity index (χ2n) is 7.21. The van der Waals surface area contributed by atoms with E-state index in [1.54, 1.807) is 6.07 Å². The Morgan fingerprint density at radius 3 is 2.74 bits per heavy atom. The monoisotopic (exact) mass is 431 g/mol. The van der Waals surface area contributed by atoms with Gasteiger partial charge in [0.1, 0.15) is 12.2 Å². The third-order valence-corrected chi connectivity index (χ3v) is 6.44. The van der Waals surface area contributed by atoms with Gasteiger partial charge in [0.05, 0.1) is 17.4 Å². The van der Waals surface area contributed by atoms with Gasteiger partial charge in [0, 0.05) is 21.9 Å². The topological polar surface area (TPSA) is 85.6 Å². The number of nitrogens with one attached hydrogen (secondary N) is 1. The first kappa shape index (κ1) is 19.4.